The largest absolute Gasteiger partial charge is 0.460 e. The highest BCUT2D eigenvalue weighted by Crippen LogP contribution is 2.24. The van der Waals surface area contributed by atoms with Crippen LogP contribution >= 0.6 is 0 Å². The Morgan fingerprint density at radius 1 is 1.26 bits per heavy atom. The molecule has 2 aromatic heterocycles. The summed E-state index contributed by atoms with van der Waals surface area (Å²) in [6.07, 6.45) is 0.885. The molecular formula is C19H23N5O3. The van der Waals surface area contributed by atoms with Gasteiger partial charge in [-0.15, -0.1) is 0 Å². The average molecular weight is 369 g/mol. The highest BCUT2D eigenvalue weighted by molar-refractivity contribution is 5.93. The normalized spacial score (nSPS) is 10.8. The van der Waals surface area contributed by atoms with Gasteiger partial charge in [-0.3, -0.25) is 0 Å². The van der Waals surface area contributed by atoms with Gasteiger partial charge in [-0.1, -0.05) is 23.4 Å². The van der Waals surface area contributed by atoms with Crippen molar-refractivity contribution >= 4 is 28.6 Å². The van der Waals surface area contributed by atoms with Crippen LogP contribution in [0.25, 0.3) is 11.1 Å². The number of rotatable bonds is 8. The first kappa shape index (κ1) is 18.6. The molecule has 1 aromatic carbocycles. The maximum Gasteiger partial charge on any atom is 0.376 e. The number of carbonyl (C=O) groups is 1. The minimum atomic E-state index is -0.583. The number of esters is 1. The Hall–Kier alpha value is -3.16. The number of aryl methyl sites for hydroxylation is 1. The number of fused-ring (bicyclic) bond motifs is 1. The number of benzene rings is 1. The lowest BCUT2D eigenvalue weighted by Gasteiger charge is -2.19. The van der Waals surface area contributed by atoms with Crippen LogP contribution in [0.4, 0.5) is 11.5 Å². The lowest BCUT2D eigenvalue weighted by Crippen LogP contribution is -2.21. The first-order chi connectivity index (χ1) is 13.1. The Morgan fingerprint density at radius 2 is 2.04 bits per heavy atom. The molecule has 0 aliphatic carbocycles. The molecule has 0 saturated heterocycles. The second kappa shape index (κ2) is 8.48. The zero-order chi connectivity index (χ0) is 19.2. The molecule has 8 nitrogen and oxygen atoms in total. The van der Waals surface area contributed by atoms with Crippen molar-refractivity contribution in [3.8, 4) is 0 Å². The van der Waals surface area contributed by atoms with Crippen LogP contribution in [-0.2, 0) is 4.74 Å². The summed E-state index contributed by atoms with van der Waals surface area (Å²) in [5, 5.41) is 7.87. The molecule has 0 aliphatic rings. The van der Waals surface area contributed by atoms with E-state index in [1.54, 1.807) is 6.92 Å². The van der Waals surface area contributed by atoms with Crippen LogP contribution in [0.1, 0.15) is 29.7 Å². The summed E-state index contributed by atoms with van der Waals surface area (Å²) in [6.45, 7) is 5.35. The lowest BCUT2D eigenvalue weighted by molar-refractivity contribution is 0.0512. The number of aromatic nitrogens is 3. The zero-order valence-electron chi connectivity index (χ0n) is 15.7. The summed E-state index contributed by atoms with van der Waals surface area (Å²) in [5.41, 5.74) is 2.11. The fourth-order valence-electron chi connectivity index (χ4n) is 2.74. The Labute approximate surface area is 157 Å². The van der Waals surface area contributed by atoms with E-state index in [9.17, 15) is 4.79 Å². The van der Waals surface area contributed by atoms with Gasteiger partial charge in [-0.05, 0) is 32.4 Å². The quantitative estimate of drug-likeness (QED) is 0.478. The molecule has 3 aromatic rings. The molecule has 0 aliphatic heterocycles. The van der Waals surface area contributed by atoms with Crippen LogP contribution in [-0.4, -0.2) is 47.8 Å². The van der Waals surface area contributed by atoms with Gasteiger partial charge in [0, 0.05) is 25.8 Å². The number of hydrogen-bond donors (Lipinski definition) is 1. The van der Waals surface area contributed by atoms with Gasteiger partial charge < -0.3 is 19.5 Å². The van der Waals surface area contributed by atoms with Crippen molar-refractivity contribution in [3.05, 3.63) is 41.9 Å². The van der Waals surface area contributed by atoms with E-state index in [4.69, 9.17) is 9.26 Å². The molecule has 0 fully saturated rings. The first-order valence-electron chi connectivity index (χ1n) is 8.91. The van der Waals surface area contributed by atoms with Gasteiger partial charge in [0.2, 0.25) is 5.82 Å². The van der Waals surface area contributed by atoms with Crippen LogP contribution in [0.2, 0.25) is 0 Å². The summed E-state index contributed by atoms with van der Waals surface area (Å²) in [4.78, 5) is 22.6. The monoisotopic (exact) mass is 369 g/mol. The van der Waals surface area contributed by atoms with E-state index < -0.39 is 5.97 Å². The highest BCUT2D eigenvalue weighted by Gasteiger charge is 2.19. The Morgan fingerprint density at radius 3 is 2.78 bits per heavy atom. The van der Waals surface area contributed by atoms with Gasteiger partial charge in [-0.2, -0.15) is 4.98 Å². The topological polar surface area (TPSA) is 93.4 Å². The summed E-state index contributed by atoms with van der Waals surface area (Å²) in [5.74, 6) is -0.0890. The number of nitrogens with one attached hydrogen (secondary N) is 1. The number of para-hydroxylation sites is 1. The highest BCUT2D eigenvalue weighted by atomic mass is 16.5. The molecule has 27 heavy (non-hydrogen) atoms. The minimum Gasteiger partial charge on any atom is -0.460 e. The third-order valence-corrected chi connectivity index (χ3v) is 4.12. The van der Waals surface area contributed by atoms with Crippen molar-refractivity contribution in [2.75, 3.05) is 37.0 Å². The van der Waals surface area contributed by atoms with E-state index >= 15 is 0 Å². The summed E-state index contributed by atoms with van der Waals surface area (Å²) in [7, 11) is 2.06. The second-order valence-electron chi connectivity index (χ2n) is 6.10. The fourth-order valence-corrected chi connectivity index (χ4v) is 2.74. The van der Waals surface area contributed by atoms with Crippen LogP contribution < -0.4 is 10.2 Å². The van der Waals surface area contributed by atoms with Gasteiger partial charge in [0.25, 0.3) is 5.71 Å². The molecule has 1 N–H and O–H groups in total. The lowest BCUT2D eigenvalue weighted by atomic mass is 10.2. The molecule has 0 saturated carbocycles. The van der Waals surface area contributed by atoms with Crippen molar-refractivity contribution < 1.29 is 14.1 Å². The van der Waals surface area contributed by atoms with Crippen molar-refractivity contribution in [2.45, 2.75) is 20.3 Å². The molecule has 142 valence electrons. The van der Waals surface area contributed by atoms with Crippen molar-refractivity contribution in [1.82, 2.24) is 15.1 Å². The molecule has 8 heteroatoms. The van der Waals surface area contributed by atoms with Gasteiger partial charge in [0.05, 0.1) is 12.3 Å². The Balaban J connectivity index is 1.68. The molecule has 0 spiro atoms. The van der Waals surface area contributed by atoms with E-state index in [2.05, 4.69) is 44.5 Å². The number of ether oxygens (including phenoxy) is 1. The molecule has 3 rings (SSSR count). The van der Waals surface area contributed by atoms with Crippen molar-refractivity contribution in [3.63, 3.8) is 0 Å². The summed E-state index contributed by atoms with van der Waals surface area (Å²) >= 11 is 0. The van der Waals surface area contributed by atoms with Crippen LogP contribution in [0.15, 0.2) is 34.9 Å². The maximum atomic E-state index is 12.0. The molecular weight excluding hydrogens is 346 g/mol. The third-order valence-electron chi connectivity index (χ3n) is 4.12. The van der Waals surface area contributed by atoms with Gasteiger partial charge >= 0.3 is 5.97 Å². The molecule has 0 atom stereocenters. The molecule has 2 heterocycles. The van der Waals surface area contributed by atoms with E-state index in [-0.39, 0.29) is 18.1 Å². The summed E-state index contributed by atoms with van der Waals surface area (Å²) < 4.78 is 10.2. The van der Waals surface area contributed by atoms with E-state index in [1.807, 2.05) is 25.1 Å². The second-order valence-corrected chi connectivity index (χ2v) is 6.10. The number of carbonyl (C=O) groups excluding carboxylic acids is 1. The average Bonchev–Trinajstić information content (AvgIpc) is 3.07. The predicted molar refractivity (Wildman–Crippen MR) is 103 cm³/mol. The number of anilines is 2. The van der Waals surface area contributed by atoms with Crippen LogP contribution in [0, 0.1) is 6.92 Å². The van der Waals surface area contributed by atoms with E-state index in [1.165, 1.54) is 5.69 Å². The van der Waals surface area contributed by atoms with Gasteiger partial charge in [-0.25, -0.2) is 9.78 Å². The van der Waals surface area contributed by atoms with E-state index in [0.29, 0.717) is 23.4 Å². The van der Waals surface area contributed by atoms with Crippen LogP contribution in [0.3, 0.4) is 0 Å². The molecule has 0 unspecified atom stereocenters. The SMILES string of the molecule is CCOC(=O)c1nc(NCCCN(C)c2ccccc2)c2c(C)noc2n1. The number of hydrogen-bond acceptors (Lipinski definition) is 8. The van der Waals surface area contributed by atoms with Gasteiger partial charge in [0.1, 0.15) is 11.2 Å². The molecule has 0 amide bonds. The minimum absolute atomic E-state index is 0.0376. The third kappa shape index (κ3) is 4.33. The summed E-state index contributed by atoms with van der Waals surface area (Å²) in [6, 6.07) is 10.2. The van der Waals surface area contributed by atoms with Crippen molar-refractivity contribution in [1.29, 1.82) is 0 Å². The van der Waals surface area contributed by atoms with Crippen LogP contribution in [0.5, 0.6) is 0 Å². The predicted octanol–water partition coefficient (Wildman–Crippen LogP) is 3.04. The maximum absolute atomic E-state index is 12.0. The standard InChI is InChI=1S/C19H23N5O3/c1-4-26-19(25)17-21-16(15-13(2)23-27-18(15)22-17)20-11-8-12-24(3)14-9-6-5-7-10-14/h5-7,9-10H,4,8,11-12H2,1-3H3,(H,20,21,22). The fraction of sp³-hybridized carbons (Fsp3) is 0.368. The molecule has 0 radical (unpaired) electrons. The van der Waals surface area contributed by atoms with E-state index in [0.717, 1.165) is 13.0 Å². The molecule has 0 bridgehead atoms. The first-order valence-corrected chi connectivity index (χ1v) is 8.91. The van der Waals surface area contributed by atoms with Crippen molar-refractivity contribution in [2.24, 2.45) is 0 Å². The zero-order valence-corrected chi connectivity index (χ0v) is 15.7. The Bertz CT molecular complexity index is 910. The number of nitrogens with zero attached hydrogens (tertiary/aromatic N) is 4. The Kier molecular flexibility index (Phi) is 5.85. The smallest absolute Gasteiger partial charge is 0.376 e. The van der Waals surface area contributed by atoms with Gasteiger partial charge in [0.15, 0.2) is 0 Å².